The van der Waals surface area contributed by atoms with Crippen LogP contribution >= 0.6 is 23.1 Å². The molecule has 138 valence electrons. The Morgan fingerprint density at radius 2 is 2.00 bits per heavy atom. The lowest BCUT2D eigenvalue weighted by molar-refractivity contribution is 0.102. The summed E-state index contributed by atoms with van der Waals surface area (Å²) in [7, 11) is 0. The van der Waals surface area contributed by atoms with Crippen LogP contribution in [0.3, 0.4) is 0 Å². The summed E-state index contributed by atoms with van der Waals surface area (Å²) in [5.74, 6) is 1.11. The molecule has 2 heterocycles. The van der Waals surface area contributed by atoms with Crippen molar-refractivity contribution in [3.05, 3.63) is 53.8 Å². The fourth-order valence-corrected chi connectivity index (χ4v) is 4.10. The molecule has 0 saturated heterocycles. The van der Waals surface area contributed by atoms with E-state index in [-0.39, 0.29) is 17.4 Å². The quantitative estimate of drug-likeness (QED) is 0.489. The highest BCUT2D eigenvalue weighted by Crippen LogP contribution is 2.32. The molecule has 0 saturated carbocycles. The van der Waals surface area contributed by atoms with Crippen molar-refractivity contribution in [2.45, 2.75) is 4.34 Å². The number of hydrogen-bond acceptors (Lipinski definition) is 8. The number of ketones is 1. The smallest absolute Gasteiger partial charge is 0.210 e. The summed E-state index contributed by atoms with van der Waals surface area (Å²) in [6.07, 6.45) is 0. The highest BCUT2D eigenvalue weighted by molar-refractivity contribution is 8.01. The normalized spacial score (nSPS) is 12.6. The van der Waals surface area contributed by atoms with E-state index in [1.54, 1.807) is 30.3 Å². The summed E-state index contributed by atoms with van der Waals surface area (Å²) >= 11 is 2.61. The zero-order valence-electron chi connectivity index (χ0n) is 14.0. The van der Waals surface area contributed by atoms with Gasteiger partial charge in [-0.3, -0.25) is 4.79 Å². The third-order valence-corrected chi connectivity index (χ3v) is 5.65. The van der Waals surface area contributed by atoms with Crippen molar-refractivity contribution in [2.24, 2.45) is 0 Å². The molecule has 1 aliphatic rings. The third kappa shape index (κ3) is 4.37. The van der Waals surface area contributed by atoms with E-state index >= 15 is 0 Å². The second-order valence-corrected chi connectivity index (χ2v) is 7.78. The van der Waals surface area contributed by atoms with Crippen LogP contribution in [0.2, 0.25) is 0 Å². The van der Waals surface area contributed by atoms with Crippen LogP contribution in [-0.2, 0) is 0 Å². The highest BCUT2D eigenvalue weighted by atomic mass is 32.2. The summed E-state index contributed by atoms with van der Waals surface area (Å²) in [5, 5.41) is 11.6. The van der Waals surface area contributed by atoms with Crippen molar-refractivity contribution >= 4 is 39.7 Å². The minimum absolute atomic E-state index is 0.0354. The molecule has 6 nitrogen and oxygen atoms in total. The van der Waals surface area contributed by atoms with E-state index in [0.29, 0.717) is 45.4 Å². The van der Waals surface area contributed by atoms with Gasteiger partial charge in [-0.2, -0.15) is 0 Å². The number of Topliss-reactive ketones (excluding diaryl/α,β-unsaturated/α-hetero) is 1. The Bertz CT molecular complexity index is 980. The molecule has 3 aromatic rings. The lowest BCUT2D eigenvalue weighted by Crippen LogP contribution is -2.16. The van der Waals surface area contributed by atoms with Gasteiger partial charge in [-0.15, -0.1) is 10.2 Å². The Morgan fingerprint density at radius 1 is 1.15 bits per heavy atom. The van der Waals surface area contributed by atoms with Crippen LogP contribution in [0.25, 0.3) is 0 Å². The number of fused-ring (bicyclic) bond motifs is 1. The zero-order chi connectivity index (χ0) is 18.6. The Balaban J connectivity index is 1.36. The maximum atomic E-state index is 13.2. The maximum absolute atomic E-state index is 13.2. The van der Waals surface area contributed by atoms with Gasteiger partial charge in [0.15, 0.2) is 21.6 Å². The molecule has 2 aromatic carbocycles. The first-order chi connectivity index (χ1) is 13.2. The van der Waals surface area contributed by atoms with E-state index in [2.05, 4.69) is 15.5 Å². The number of aromatic nitrogens is 2. The van der Waals surface area contributed by atoms with Crippen LogP contribution in [0.4, 0.5) is 15.2 Å². The standard InChI is InChI=1S/C18H14FN3O3S2/c19-12-2-1-3-13(9-12)20-17-21-22-18(27-17)26-10-14(23)11-4-5-15-16(8-11)25-7-6-24-15/h1-5,8-9H,6-7,10H2,(H,20,21). The van der Waals surface area contributed by atoms with Crippen LogP contribution in [0.5, 0.6) is 11.5 Å². The van der Waals surface area contributed by atoms with Crippen LogP contribution in [-0.4, -0.2) is 34.9 Å². The van der Waals surface area contributed by atoms with E-state index in [1.165, 1.54) is 35.2 Å². The van der Waals surface area contributed by atoms with Crippen LogP contribution in [0.1, 0.15) is 10.4 Å². The summed E-state index contributed by atoms with van der Waals surface area (Å²) in [6.45, 7) is 0.991. The second kappa shape index (κ2) is 7.93. The number of anilines is 2. The van der Waals surface area contributed by atoms with Crippen LogP contribution in [0, 0.1) is 5.82 Å². The maximum Gasteiger partial charge on any atom is 0.210 e. The van der Waals surface area contributed by atoms with E-state index in [1.807, 2.05) is 0 Å². The molecular formula is C18H14FN3O3S2. The monoisotopic (exact) mass is 403 g/mol. The van der Waals surface area contributed by atoms with E-state index in [0.717, 1.165) is 0 Å². The summed E-state index contributed by atoms with van der Waals surface area (Å²) in [6, 6.07) is 11.3. The topological polar surface area (TPSA) is 73.3 Å². The van der Waals surface area contributed by atoms with Crippen molar-refractivity contribution < 1.29 is 18.7 Å². The largest absolute Gasteiger partial charge is 0.486 e. The average molecular weight is 403 g/mol. The lowest BCUT2D eigenvalue weighted by atomic mass is 10.1. The number of hydrogen-bond donors (Lipinski definition) is 1. The van der Waals surface area contributed by atoms with Gasteiger partial charge in [0.25, 0.3) is 0 Å². The Hall–Kier alpha value is -2.65. The summed E-state index contributed by atoms with van der Waals surface area (Å²) in [5.41, 5.74) is 1.16. The average Bonchev–Trinajstić information content (AvgIpc) is 3.13. The Kier molecular flexibility index (Phi) is 5.21. The molecule has 1 aromatic heterocycles. The fourth-order valence-electron chi connectivity index (χ4n) is 2.44. The van der Waals surface area contributed by atoms with Crippen molar-refractivity contribution in [1.29, 1.82) is 0 Å². The number of benzene rings is 2. The molecule has 0 aliphatic carbocycles. The molecule has 27 heavy (non-hydrogen) atoms. The van der Waals surface area contributed by atoms with Crippen molar-refractivity contribution in [2.75, 3.05) is 24.3 Å². The van der Waals surface area contributed by atoms with Gasteiger partial charge < -0.3 is 14.8 Å². The summed E-state index contributed by atoms with van der Waals surface area (Å²) in [4.78, 5) is 12.4. The number of carbonyl (C=O) groups is 1. The molecular weight excluding hydrogens is 389 g/mol. The molecule has 0 amide bonds. The predicted molar refractivity (Wildman–Crippen MR) is 102 cm³/mol. The molecule has 9 heteroatoms. The number of thioether (sulfide) groups is 1. The molecule has 0 spiro atoms. The molecule has 0 fully saturated rings. The molecule has 0 atom stereocenters. The Morgan fingerprint density at radius 3 is 2.85 bits per heavy atom. The zero-order valence-corrected chi connectivity index (χ0v) is 15.6. The third-order valence-electron chi connectivity index (χ3n) is 3.67. The number of carbonyl (C=O) groups excluding carboxylic acids is 1. The van der Waals surface area contributed by atoms with Gasteiger partial charge in [-0.1, -0.05) is 29.2 Å². The molecule has 0 radical (unpaired) electrons. The van der Waals surface area contributed by atoms with Crippen molar-refractivity contribution in [3.63, 3.8) is 0 Å². The molecule has 0 unspecified atom stereocenters. The minimum Gasteiger partial charge on any atom is -0.486 e. The number of halogens is 1. The summed E-state index contributed by atoms with van der Waals surface area (Å²) < 4.78 is 24.8. The van der Waals surface area contributed by atoms with Gasteiger partial charge in [-0.05, 0) is 36.4 Å². The van der Waals surface area contributed by atoms with Crippen molar-refractivity contribution in [1.82, 2.24) is 10.2 Å². The number of nitrogens with one attached hydrogen (secondary N) is 1. The predicted octanol–water partition coefficient (Wildman–Crippen LogP) is 4.17. The first kappa shape index (κ1) is 17.7. The van der Waals surface area contributed by atoms with Crippen LogP contribution in [0.15, 0.2) is 46.8 Å². The van der Waals surface area contributed by atoms with E-state index < -0.39 is 0 Å². The minimum atomic E-state index is -0.330. The number of nitrogens with zero attached hydrogens (tertiary/aromatic N) is 2. The van der Waals surface area contributed by atoms with Crippen LogP contribution < -0.4 is 14.8 Å². The fraction of sp³-hybridized carbons (Fsp3) is 0.167. The van der Waals surface area contributed by atoms with Gasteiger partial charge in [0.2, 0.25) is 5.13 Å². The van der Waals surface area contributed by atoms with Gasteiger partial charge in [0.05, 0.1) is 5.75 Å². The van der Waals surface area contributed by atoms with E-state index in [4.69, 9.17) is 9.47 Å². The first-order valence-electron chi connectivity index (χ1n) is 8.09. The second-order valence-electron chi connectivity index (χ2n) is 5.58. The number of ether oxygens (including phenoxy) is 2. The lowest BCUT2D eigenvalue weighted by Gasteiger charge is -2.18. The van der Waals surface area contributed by atoms with Gasteiger partial charge in [0.1, 0.15) is 19.0 Å². The molecule has 0 bridgehead atoms. The molecule has 1 N–H and O–H groups in total. The van der Waals surface area contributed by atoms with Gasteiger partial charge >= 0.3 is 0 Å². The SMILES string of the molecule is O=C(CSc1nnc(Nc2cccc(F)c2)s1)c1ccc2c(c1)OCCO2. The van der Waals surface area contributed by atoms with Gasteiger partial charge in [-0.25, -0.2) is 4.39 Å². The number of rotatable bonds is 6. The van der Waals surface area contributed by atoms with Crippen molar-refractivity contribution in [3.8, 4) is 11.5 Å². The van der Waals surface area contributed by atoms with Gasteiger partial charge in [0, 0.05) is 11.3 Å². The first-order valence-corrected chi connectivity index (χ1v) is 9.89. The Labute approximate surface area is 162 Å². The highest BCUT2D eigenvalue weighted by Gasteiger charge is 2.16. The molecule has 1 aliphatic heterocycles. The van der Waals surface area contributed by atoms with E-state index in [9.17, 15) is 9.18 Å². The molecule has 4 rings (SSSR count).